The average molecular weight is 493 g/mol. The smallest absolute Gasteiger partial charge is 0.410 e. The maximum absolute atomic E-state index is 12.5. The van der Waals surface area contributed by atoms with E-state index in [1.807, 2.05) is 71.6 Å². The molecule has 5 nitrogen and oxygen atoms in total. The Balaban J connectivity index is 1.23. The molecule has 37 heavy (non-hydrogen) atoms. The summed E-state index contributed by atoms with van der Waals surface area (Å²) in [6.07, 6.45) is 5.92. The molecule has 1 amide bonds. The Bertz CT molecular complexity index is 1360. The molecule has 0 spiro atoms. The molecule has 0 radical (unpaired) electrons. The number of ether oxygens (including phenoxy) is 2. The third-order valence-corrected chi connectivity index (χ3v) is 6.87. The van der Waals surface area contributed by atoms with Crippen LogP contribution in [0.1, 0.15) is 35.2 Å². The number of hydrogen-bond acceptors (Lipinski definition) is 4. The van der Waals surface area contributed by atoms with E-state index in [-0.39, 0.29) is 6.09 Å². The highest BCUT2D eigenvalue weighted by molar-refractivity contribution is 5.88. The van der Waals surface area contributed by atoms with Crippen molar-refractivity contribution in [2.75, 3.05) is 13.1 Å². The molecule has 0 atom stereocenters. The predicted octanol–water partition coefficient (Wildman–Crippen LogP) is 7.18. The fourth-order valence-corrected chi connectivity index (χ4v) is 4.69. The monoisotopic (exact) mass is 492 g/mol. The van der Waals surface area contributed by atoms with E-state index < -0.39 is 0 Å². The summed E-state index contributed by atoms with van der Waals surface area (Å²) in [4.78, 5) is 19.2. The molecule has 4 aromatic rings. The highest BCUT2D eigenvalue weighted by Crippen LogP contribution is 2.32. The van der Waals surface area contributed by atoms with Gasteiger partial charge in [-0.25, -0.2) is 9.78 Å². The highest BCUT2D eigenvalue weighted by Gasteiger charge is 2.22. The van der Waals surface area contributed by atoms with Crippen molar-refractivity contribution in [3.63, 3.8) is 0 Å². The van der Waals surface area contributed by atoms with Crippen LogP contribution < -0.4 is 4.74 Å². The molecular formula is C32H32N2O3. The van der Waals surface area contributed by atoms with Crippen LogP contribution in [0.25, 0.3) is 17.0 Å². The molecule has 0 N–H and O–H groups in total. The molecule has 0 bridgehead atoms. The number of benzene rings is 3. The number of nitrogens with zero attached hydrogens (tertiary/aromatic N) is 2. The first-order valence-corrected chi connectivity index (χ1v) is 12.9. The Morgan fingerprint density at radius 2 is 1.51 bits per heavy atom. The number of rotatable bonds is 7. The maximum Gasteiger partial charge on any atom is 0.410 e. The number of amides is 1. The van der Waals surface area contributed by atoms with E-state index in [0.29, 0.717) is 32.2 Å². The quantitative estimate of drug-likeness (QED) is 0.274. The predicted molar refractivity (Wildman–Crippen MR) is 147 cm³/mol. The lowest BCUT2D eigenvalue weighted by molar-refractivity contribution is 0.0855. The van der Waals surface area contributed by atoms with E-state index in [0.717, 1.165) is 51.9 Å². The van der Waals surface area contributed by atoms with Gasteiger partial charge in [0.05, 0.1) is 11.2 Å². The van der Waals surface area contributed by atoms with Gasteiger partial charge in [0.15, 0.2) is 0 Å². The summed E-state index contributed by atoms with van der Waals surface area (Å²) in [5.41, 5.74) is 5.01. The summed E-state index contributed by atoms with van der Waals surface area (Å²) >= 11 is 0. The number of aromatic nitrogens is 1. The van der Waals surface area contributed by atoms with Gasteiger partial charge in [0.2, 0.25) is 0 Å². The first-order chi connectivity index (χ1) is 18.2. The zero-order valence-corrected chi connectivity index (χ0v) is 21.2. The van der Waals surface area contributed by atoms with Crippen molar-refractivity contribution < 1.29 is 14.3 Å². The number of likely N-dealkylation sites (tertiary alicyclic amines) is 1. The Hall–Kier alpha value is -4.12. The van der Waals surface area contributed by atoms with Crippen molar-refractivity contribution >= 4 is 23.1 Å². The van der Waals surface area contributed by atoms with Gasteiger partial charge in [-0.2, -0.15) is 0 Å². The lowest BCUT2D eigenvalue weighted by Crippen LogP contribution is -2.38. The SMILES string of the molecule is Cc1c(C=CC2CCN(C(=O)OCc3ccccc3)CC2)nc2ccccc2c1OCc1ccccc1. The topological polar surface area (TPSA) is 51.7 Å². The van der Waals surface area contributed by atoms with Crippen LogP contribution in [0.15, 0.2) is 91.0 Å². The van der Waals surface area contributed by atoms with E-state index in [1.165, 1.54) is 0 Å². The molecule has 0 unspecified atom stereocenters. The number of para-hydroxylation sites is 1. The largest absolute Gasteiger partial charge is 0.488 e. The van der Waals surface area contributed by atoms with Crippen LogP contribution in [-0.2, 0) is 18.0 Å². The van der Waals surface area contributed by atoms with Crippen LogP contribution in [0.2, 0.25) is 0 Å². The van der Waals surface area contributed by atoms with Crippen LogP contribution in [0.5, 0.6) is 5.75 Å². The average Bonchev–Trinajstić information content (AvgIpc) is 2.96. The number of allylic oxidation sites excluding steroid dienone is 1. The minimum Gasteiger partial charge on any atom is -0.488 e. The van der Waals surface area contributed by atoms with Crippen LogP contribution in [0, 0.1) is 12.8 Å². The fraction of sp³-hybridized carbons (Fsp3) is 0.250. The number of fused-ring (bicyclic) bond motifs is 1. The molecule has 1 aliphatic heterocycles. The van der Waals surface area contributed by atoms with Crippen LogP contribution in [0.4, 0.5) is 4.79 Å². The van der Waals surface area contributed by atoms with Crippen molar-refractivity contribution in [2.45, 2.75) is 33.0 Å². The van der Waals surface area contributed by atoms with Crippen LogP contribution in [0.3, 0.4) is 0 Å². The summed E-state index contributed by atoms with van der Waals surface area (Å²) in [5, 5.41) is 1.02. The zero-order chi connectivity index (χ0) is 25.5. The van der Waals surface area contributed by atoms with Crippen LogP contribution >= 0.6 is 0 Å². The lowest BCUT2D eigenvalue weighted by Gasteiger charge is -2.30. The summed E-state index contributed by atoms with van der Waals surface area (Å²) in [6.45, 7) is 4.28. The summed E-state index contributed by atoms with van der Waals surface area (Å²) in [6, 6.07) is 28.1. The van der Waals surface area contributed by atoms with Gasteiger partial charge in [-0.1, -0.05) is 78.9 Å². The van der Waals surface area contributed by atoms with Gasteiger partial charge in [0, 0.05) is 24.0 Å². The van der Waals surface area contributed by atoms with E-state index in [2.05, 4.69) is 37.3 Å². The van der Waals surface area contributed by atoms with E-state index in [4.69, 9.17) is 14.5 Å². The lowest BCUT2D eigenvalue weighted by atomic mass is 9.96. The Morgan fingerprint density at radius 3 is 2.22 bits per heavy atom. The molecule has 1 fully saturated rings. The molecule has 1 aromatic heterocycles. The van der Waals surface area contributed by atoms with E-state index in [9.17, 15) is 4.79 Å². The molecule has 5 rings (SSSR count). The van der Waals surface area contributed by atoms with Crippen LogP contribution in [-0.4, -0.2) is 29.1 Å². The highest BCUT2D eigenvalue weighted by atomic mass is 16.6. The third kappa shape index (κ3) is 6.18. The molecule has 2 heterocycles. The molecule has 3 aromatic carbocycles. The van der Waals surface area contributed by atoms with Crippen molar-refractivity contribution in [2.24, 2.45) is 5.92 Å². The first-order valence-electron chi connectivity index (χ1n) is 12.9. The second-order valence-corrected chi connectivity index (χ2v) is 9.47. The van der Waals surface area contributed by atoms with Gasteiger partial charge in [-0.3, -0.25) is 0 Å². The number of hydrogen-bond donors (Lipinski definition) is 0. The fourth-order valence-electron chi connectivity index (χ4n) is 4.69. The molecule has 5 heteroatoms. The number of pyridine rings is 1. The Morgan fingerprint density at radius 1 is 0.892 bits per heavy atom. The van der Waals surface area contributed by atoms with Gasteiger partial charge in [0.25, 0.3) is 0 Å². The second-order valence-electron chi connectivity index (χ2n) is 9.47. The molecule has 188 valence electrons. The van der Waals surface area contributed by atoms with Crippen molar-refractivity contribution in [1.29, 1.82) is 0 Å². The van der Waals surface area contributed by atoms with Gasteiger partial charge in [-0.15, -0.1) is 0 Å². The van der Waals surface area contributed by atoms with Crippen molar-refractivity contribution in [3.8, 4) is 5.75 Å². The second kappa shape index (κ2) is 11.7. The number of piperidine rings is 1. The minimum absolute atomic E-state index is 0.237. The molecule has 1 aliphatic rings. The van der Waals surface area contributed by atoms with Gasteiger partial charge in [0.1, 0.15) is 19.0 Å². The Kier molecular flexibility index (Phi) is 7.80. The summed E-state index contributed by atoms with van der Waals surface area (Å²) in [7, 11) is 0. The number of carbonyl (C=O) groups excluding carboxylic acids is 1. The Labute approximate surface area is 218 Å². The number of carbonyl (C=O) groups is 1. The van der Waals surface area contributed by atoms with E-state index >= 15 is 0 Å². The van der Waals surface area contributed by atoms with E-state index in [1.54, 1.807) is 0 Å². The first kappa shape index (κ1) is 24.6. The minimum atomic E-state index is -0.237. The van der Waals surface area contributed by atoms with Crippen molar-refractivity contribution in [3.05, 3.63) is 113 Å². The van der Waals surface area contributed by atoms with Gasteiger partial charge in [-0.05, 0) is 55.0 Å². The molecular weight excluding hydrogens is 460 g/mol. The molecule has 0 saturated carbocycles. The standard InChI is InChI=1S/C32H32N2O3/c1-24-29(33-30-15-9-8-14-28(30)31(24)36-22-26-10-4-2-5-11-26)17-16-25-18-20-34(21-19-25)32(35)37-23-27-12-6-3-7-13-27/h2-17,25H,18-23H2,1H3. The molecule has 0 aliphatic carbocycles. The molecule has 1 saturated heterocycles. The zero-order valence-electron chi connectivity index (χ0n) is 21.2. The van der Waals surface area contributed by atoms with Crippen molar-refractivity contribution in [1.82, 2.24) is 9.88 Å². The summed E-state index contributed by atoms with van der Waals surface area (Å²) < 4.78 is 11.8. The van der Waals surface area contributed by atoms with Gasteiger partial charge < -0.3 is 14.4 Å². The maximum atomic E-state index is 12.5. The third-order valence-electron chi connectivity index (χ3n) is 6.87. The van der Waals surface area contributed by atoms with Gasteiger partial charge >= 0.3 is 6.09 Å². The summed E-state index contributed by atoms with van der Waals surface area (Å²) in [5.74, 6) is 1.27. The normalized spacial score (nSPS) is 14.2.